The molecular weight excluding hydrogens is 741 g/mol. The van der Waals surface area contributed by atoms with Gasteiger partial charge in [-0.3, -0.25) is 9.59 Å². The van der Waals surface area contributed by atoms with Crippen molar-refractivity contribution < 1.29 is 53.8 Å². The lowest BCUT2D eigenvalue weighted by Crippen LogP contribution is -2.60. The number of carbonyl (C=O) groups excluding carboxylic acids is 2. The van der Waals surface area contributed by atoms with Gasteiger partial charge < -0.3 is 39.4 Å². The second-order valence-electron chi connectivity index (χ2n) is 16.6. The Balaban J connectivity index is 2.33. The van der Waals surface area contributed by atoms with Crippen LogP contribution in [0, 0.1) is 0 Å². The van der Waals surface area contributed by atoms with Gasteiger partial charge in [0.15, 0.2) is 18.5 Å². The number of allylic oxidation sites excluding steroid dienone is 2. The zero-order valence-electron chi connectivity index (χ0n) is 36.8. The molecule has 0 aromatic carbocycles. The summed E-state index contributed by atoms with van der Waals surface area (Å²) in [5.41, 5.74) is 0. The first-order valence-corrected chi connectivity index (χ1v) is 23.7. The third-order valence-electron chi connectivity index (χ3n) is 11.1. The van der Waals surface area contributed by atoms with Gasteiger partial charge in [0.1, 0.15) is 24.9 Å². The molecule has 0 aliphatic carbocycles. The molecule has 6 unspecified atom stereocenters. The van der Waals surface area contributed by atoms with E-state index in [-0.39, 0.29) is 26.1 Å². The Morgan fingerprint density at radius 2 is 0.914 bits per heavy atom. The summed E-state index contributed by atoms with van der Waals surface area (Å²) >= 11 is 0. The fraction of sp³-hybridized carbons (Fsp3) is 0.894. The van der Waals surface area contributed by atoms with Crippen LogP contribution < -0.4 is 0 Å². The average molecular weight is 827 g/mol. The van der Waals surface area contributed by atoms with Crippen LogP contribution in [0.15, 0.2) is 12.2 Å². The van der Waals surface area contributed by atoms with Gasteiger partial charge in [-0.1, -0.05) is 180 Å². The molecule has 1 saturated heterocycles. The number of ether oxygens (including phenoxy) is 4. The second-order valence-corrected chi connectivity index (χ2v) is 16.6. The summed E-state index contributed by atoms with van der Waals surface area (Å²) in [7, 11) is 0. The summed E-state index contributed by atoms with van der Waals surface area (Å²) < 4.78 is 21.8. The summed E-state index contributed by atoms with van der Waals surface area (Å²) in [4.78, 5) is 36.9. The predicted molar refractivity (Wildman–Crippen MR) is 229 cm³/mol. The fourth-order valence-electron chi connectivity index (χ4n) is 7.35. The molecule has 6 atom stereocenters. The van der Waals surface area contributed by atoms with Crippen LogP contribution in [0.3, 0.4) is 0 Å². The minimum absolute atomic E-state index is 0.188. The first kappa shape index (κ1) is 54.0. The maximum Gasteiger partial charge on any atom is 0.335 e. The molecule has 1 heterocycles. The maximum atomic E-state index is 12.8. The van der Waals surface area contributed by atoms with Crippen molar-refractivity contribution in [2.45, 2.75) is 256 Å². The summed E-state index contributed by atoms with van der Waals surface area (Å²) in [6.45, 7) is 3.83. The summed E-state index contributed by atoms with van der Waals surface area (Å²) in [5, 5.41) is 39.8. The van der Waals surface area contributed by atoms with Gasteiger partial charge in [0.05, 0.1) is 6.61 Å². The number of esters is 2. The molecule has 58 heavy (non-hydrogen) atoms. The molecule has 0 aromatic rings. The number of unbranched alkanes of at least 4 members (excludes halogenated alkanes) is 27. The van der Waals surface area contributed by atoms with Crippen LogP contribution >= 0.6 is 0 Å². The van der Waals surface area contributed by atoms with Gasteiger partial charge in [-0.05, 0) is 38.5 Å². The highest BCUT2D eigenvalue weighted by molar-refractivity contribution is 5.73. The standard InChI is InChI=1S/C47H86O11/c1-3-5-7-9-11-13-15-17-19-20-21-22-24-25-27-29-31-33-35-40(48)55-37-39(38-56-47-44(52)42(50)43(51)45(58-47)46(53)54)57-41(49)36-34-32-30-28-26-23-18-16-14-12-10-8-6-4-2/h19-20,39,42-45,47,50-52H,3-18,21-38H2,1-2H3,(H,53,54)/b20-19-. The van der Waals surface area contributed by atoms with E-state index >= 15 is 0 Å². The number of aliphatic carboxylic acids is 1. The molecule has 0 bridgehead atoms. The SMILES string of the molecule is CCCCCCCCC/C=C\CCCCCCCCCC(=O)OCC(COC1OC(C(=O)O)C(O)C(O)C1O)OC(=O)CCCCCCCCCCCCCCCC. The van der Waals surface area contributed by atoms with Crippen molar-refractivity contribution in [1.29, 1.82) is 0 Å². The van der Waals surface area contributed by atoms with Gasteiger partial charge in [-0.2, -0.15) is 0 Å². The van der Waals surface area contributed by atoms with Crippen LogP contribution in [0.4, 0.5) is 0 Å². The molecule has 1 aliphatic heterocycles. The first-order valence-electron chi connectivity index (χ1n) is 23.7. The van der Waals surface area contributed by atoms with Crippen molar-refractivity contribution in [3.8, 4) is 0 Å². The van der Waals surface area contributed by atoms with E-state index in [1.165, 1.54) is 135 Å². The molecule has 0 amide bonds. The number of hydrogen-bond donors (Lipinski definition) is 4. The van der Waals surface area contributed by atoms with E-state index in [0.29, 0.717) is 12.8 Å². The highest BCUT2D eigenvalue weighted by atomic mass is 16.7. The van der Waals surface area contributed by atoms with E-state index in [2.05, 4.69) is 26.0 Å². The molecule has 340 valence electrons. The fourth-order valence-corrected chi connectivity index (χ4v) is 7.35. The van der Waals surface area contributed by atoms with E-state index in [9.17, 15) is 34.8 Å². The predicted octanol–water partition coefficient (Wildman–Crippen LogP) is 10.4. The van der Waals surface area contributed by atoms with Crippen molar-refractivity contribution in [3.63, 3.8) is 0 Å². The number of aliphatic hydroxyl groups is 3. The molecule has 1 rings (SSSR count). The van der Waals surface area contributed by atoms with Gasteiger partial charge in [-0.25, -0.2) is 4.79 Å². The topological polar surface area (TPSA) is 169 Å². The van der Waals surface area contributed by atoms with E-state index in [4.69, 9.17) is 18.9 Å². The molecular formula is C47H86O11. The van der Waals surface area contributed by atoms with Crippen molar-refractivity contribution >= 4 is 17.9 Å². The van der Waals surface area contributed by atoms with E-state index in [1.54, 1.807) is 0 Å². The van der Waals surface area contributed by atoms with Crippen LogP contribution in [-0.2, 0) is 33.3 Å². The normalized spacial score (nSPS) is 20.1. The number of hydrogen-bond acceptors (Lipinski definition) is 10. The number of carboxylic acids is 1. The Morgan fingerprint density at radius 1 is 0.517 bits per heavy atom. The number of carboxylic acid groups (broad SMARTS) is 1. The Hall–Kier alpha value is -2.05. The number of carbonyl (C=O) groups is 3. The largest absolute Gasteiger partial charge is 0.479 e. The maximum absolute atomic E-state index is 12.8. The highest BCUT2D eigenvalue weighted by Gasteiger charge is 2.47. The van der Waals surface area contributed by atoms with Crippen LogP contribution in [0.2, 0.25) is 0 Å². The van der Waals surface area contributed by atoms with Crippen LogP contribution in [0.5, 0.6) is 0 Å². The summed E-state index contributed by atoms with van der Waals surface area (Å²) in [6.07, 6.45) is 31.2. The molecule has 1 aliphatic rings. The average Bonchev–Trinajstić information content (AvgIpc) is 3.21. The molecule has 0 spiro atoms. The molecule has 11 nitrogen and oxygen atoms in total. The molecule has 0 saturated carbocycles. The van der Waals surface area contributed by atoms with Crippen LogP contribution in [0.25, 0.3) is 0 Å². The Labute approximate surface area is 352 Å². The minimum atomic E-state index is -1.86. The van der Waals surface area contributed by atoms with Crippen molar-refractivity contribution in [1.82, 2.24) is 0 Å². The van der Waals surface area contributed by atoms with Crippen LogP contribution in [0.1, 0.15) is 219 Å². The van der Waals surface area contributed by atoms with Crippen molar-refractivity contribution in [2.24, 2.45) is 0 Å². The Bertz CT molecular complexity index is 1020. The quantitative estimate of drug-likeness (QED) is 0.0263. The monoisotopic (exact) mass is 827 g/mol. The van der Waals surface area contributed by atoms with Gasteiger partial charge in [0, 0.05) is 12.8 Å². The molecule has 11 heteroatoms. The smallest absolute Gasteiger partial charge is 0.335 e. The molecule has 4 N–H and O–H groups in total. The highest BCUT2D eigenvalue weighted by Crippen LogP contribution is 2.23. The minimum Gasteiger partial charge on any atom is -0.479 e. The Morgan fingerprint density at radius 3 is 1.34 bits per heavy atom. The van der Waals surface area contributed by atoms with Crippen LogP contribution in [-0.4, -0.2) is 88.4 Å². The van der Waals surface area contributed by atoms with E-state index in [0.717, 1.165) is 44.9 Å². The summed E-state index contributed by atoms with van der Waals surface area (Å²) in [6, 6.07) is 0. The molecule has 0 radical (unpaired) electrons. The summed E-state index contributed by atoms with van der Waals surface area (Å²) in [5.74, 6) is -2.43. The lowest BCUT2D eigenvalue weighted by molar-refractivity contribution is -0.298. The lowest BCUT2D eigenvalue weighted by atomic mass is 9.99. The van der Waals surface area contributed by atoms with Gasteiger partial charge in [0.2, 0.25) is 0 Å². The Kier molecular flexibility index (Phi) is 35.3. The van der Waals surface area contributed by atoms with E-state index in [1.807, 2.05) is 0 Å². The third kappa shape index (κ3) is 29.2. The molecule has 0 aromatic heterocycles. The van der Waals surface area contributed by atoms with Gasteiger partial charge in [-0.15, -0.1) is 0 Å². The first-order chi connectivity index (χ1) is 28.2. The number of rotatable bonds is 40. The zero-order chi connectivity index (χ0) is 42.5. The lowest BCUT2D eigenvalue weighted by Gasteiger charge is -2.38. The van der Waals surface area contributed by atoms with E-state index < -0.39 is 54.7 Å². The molecule has 1 fully saturated rings. The number of aliphatic hydroxyl groups excluding tert-OH is 3. The zero-order valence-corrected chi connectivity index (χ0v) is 36.8. The van der Waals surface area contributed by atoms with Crippen molar-refractivity contribution in [3.05, 3.63) is 12.2 Å². The van der Waals surface area contributed by atoms with Gasteiger partial charge >= 0.3 is 17.9 Å². The third-order valence-corrected chi connectivity index (χ3v) is 11.1. The van der Waals surface area contributed by atoms with Crippen molar-refractivity contribution in [2.75, 3.05) is 13.2 Å². The van der Waals surface area contributed by atoms with Gasteiger partial charge in [0.25, 0.3) is 0 Å². The second kappa shape index (κ2) is 37.9.